The van der Waals surface area contributed by atoms with Gasteiger partial charge in [-0.3, -0.25) is 0 Å². The summed E-state index contributed by atoms with van der Waals surface area (Å²) >= 11 is 1.87. The summed E-state index contributed by atoms with van der Waals surface area (Å²) < 4.78 is 9.15. The summed E-state index contributed by atoms with van der Waals surface area (Å²) in [4.78, 5) is 2.37. The van der Waals surface area contributed by atoms with Crippen LogP contribution in [-0.2, 0) is 0 Å². The monoisotopic (exact) mass is 541 g/mol. The molecule has 0 saturated carbocycles. The van der Waals surface area contributed by atoms with Crippen LogP contribution in [0, 0.1) is 0 Å². The van der Waals surface area contributed by atoms with Crippen LogP contribution >= 0.6 is 11.3 Å². The first-order chi connectivity index (χ1) is 20.3. The van der Waals surface area contributed by atoms with Crippen molar-refractivity contribution in [2.24, 2.45) is 0 Å². The van der Waals surface area contributed by atoms with Crippen LogP contribution in [0.3, 0.4) is 0 Å². The van der Waals surface area contributed by atoms with E-state index in [9.17, 15) is 0 Å². The highest BCUT2D eigenvalue weighted by molar-refractivity contribution is 7.26. The molecule has 0 saturated heterocycles. The zero-order chi connectivity index (χ0) is 26.9. The van der Waals surface area contributed by atoms with E-state index in [1.165, 1.54) is 41.7 Å². The maximum atomic E-state index is 6.56. The van der Waals surface area contributed by atoms with Crippen LogP contribution in [0.2, 0.25) is 0 Å². The van der Waals surface area contributed by atoms with E-state index in [0.29, 0.717) is 0 Å². The highest BCUT2D eigenvalue weighted by Crippen LogP contribution is 2.48. The largest absolute Gasteiger partial charge is 0.454 e. The second kappa shape index (κ2) is 8.69. The van der Waals surface area contributed by atoms with Crippen molar-refractivity contribution < 1.29 is 4.42 Å². The zero-order valence-corrected chi connectivity index (χ0v) is 22.9. The molecule has 9 rings (SSSR count). The summed E-state index contributed by atoms with van der Waals surface area (Å²) in [6.45, 7) is 0. The first-order valence-electron chi connectivity index (χ1n) is 13.9. The number of rotatable bonds is 3. The van der Waals surface area contributed by atoms with Crippen LogP contribution < -0.4 is 4.90 Å². The minimum Gasteiger partial charge on any atom is -0.454 e. The molecule has 9 aromatic rings. The molecule has 41 heavy (non-hydrogen) atoms. The number of hydrogen-bond donors (Lipinski definition) is 0. The van der Waals surface area contributed by atoms with Crippen molar-refractivity contribution in [2.45, 2.75) is 0 Å². The Bertz CT molecular complexity index is 2430. The molecule has 3 heteroatoms. The lowest BCUT2D eigenvalue weighted by molar-refractivity contribution is 0.669. The number of nitrogens with zero attached hydrogens (tertiary/aromatic N) is 1. The number of fused-ring (bicyclic) bond motifs is 9. The van der Waals surface area contributed by atoms with Crippen LogP contribution in [0.15, 0.2) is 144 Å². The van der Waals surface area contributed by atoms with E-state index in [4.69, 9.17) is 4.42 Å². The molecule has 0 unspecified atom stereocenters. The van der Waals surface area contributed by atoms with Gasteiger partial charge in [-0.2, -0.15) is 0 Å². The fourth-order valence-corrected chi connectivity index (χ4v) is 7.57. The Kier molecular flexibility index (Phi) is 4.80. The summed E-state index contributed by atoms with van der Waals surface area (Å²) in [5, 5.41) is 9.92. The Balaban J connectivity index is 1.41. The van der Waals surface area contributed by atoms with Crippen LogP contribution in [0.1, 0.15) is 0 Å². The van der Waals surface area contributed by atoms with Gasteiger partial charge in [0.1, 0.15) is 5.58 Å². The average molecular weight is 542 g/mol. The van der Waals surface area contributed by atoms with E-state index in [1.54, 1.807) is 0 Å². The molecule has 0 spiro atoms. The van der Waals surface area contributed by atoms with Crippen molar-refractivity contribution >= 4 is 92.1 Å². The van der Waals surface area contributed by atoms with Crippen LogP contribution in [0.5, 0.6) is 0 Å². The number of benzene rings is 7. The lowest BCUT2D eigenvalue weighted by Crippen LogP contribution is -2.10. The van der Waals surface area contributed by atoms with Gasteiger partial charge in [0.2, 0.25) is 0 Å². The van der Waals surface area contributed by atoms with E-state index in [0.717, 1.165) is 39.0 Å². The molecule has 0 fully saturated rings. The smallest absolute Gasteiger partial charge is 0.159 e. The molecule has 2 aromatic heterocycles. The number of hydrogen-bond acceptors (Lipinski definition) is 3. The van der Waals surface area contributed by atoms with Gasteiger partial charge in [0.05, 0.1) is 11.4 Å². The second-order valence-electron chi connectivity index (χ2n) is 10.5. The maximum absolute atomic E-state index is 6.56. The van der Waals surface area contributed by atoms with Gasteiger partial charge in [-0.25, -0.2) is 0 Å². The third-order valence-corrected chi connectivity index (χ3v) is 9.30. The summed E-state index contributed by atoms with van der Waals surface area (Å²) in [5.41, 5.74) is 5.06. The van der Waals surface area contributed by atoms with Crippen LogP contribution in [0.25, 0.3) is 63.7 Å². The SMILES string of the molecule is c1ccc(N(c2cc3sc4cc5ccccc5cc4c3c3ccccc23)c2cccc3c2oc2ccccc23)cc1. The molecule has 0 aliphatic heterocycles. The van der Waals surface area contributed by atoms with Gasteiger partial charge in [-0.15, -0.1) is 11.3 Å². The Morgan fingerprint density at radius 1 is 0.463 bits per heavy atom. The molecule has 192 valence electrons. The molecule has 2 nitrogen and oxygen atoms in total. The van der Waals surface area contributed by atoms with Gasteiger partial charge in [-0.05, 0) is 58.6 Å². The van der Waals surface area contributed by atoms with Crippen LogP contribution in [0.4, 0.5) is 17.1 Å². The highest BCUT2D eigenvalue weighted by Gasteiger charge is 2.22. The van der Waals surface area contributed by atoms with Crippen molar-refractivity contribution in [3.8, 4) is 0 Å². The van der Waals surface area contributed by atoms with Crippen molar-refractivity contribution in [1.29, 1.82) is 0 Å². The van der Waals surface area contributed by atoms with Crippen molar-refractivity contribution in [2.75, 3.05) is 4.90 Å². The predicted octanol–water partition coefficient (Wildman–Crippen LogP) is 11.7. The third kappa shape index (κ3) is 3.36. The van der Waals surface area contributed by atoms with Crippen molar-refractivity contribution in [3.63, 3.8) is 0 Å². The van der Waals surface area contributed by atoms with E-state index in [1.807, 2.05) is 17.4 Å². The molecule has 0 radical (unpaired) electrons. The van der Waals surface area contributed by atoms with Crippen LogP contribution in [-0.4, -0.2) is 0 Å². The van der Waals surface area contributed by atoms with E-state index in [-0.39, 0.29) is 0 Å². The van der Waals surface area contributed by atoms with Crippen molar-refractivity contribution in [1.82, 2.24) is 0 Å². The summed E-state index contributed by atoms with van der Waals surface area (Å²) in [5.74, 6) is 0. The normalized spacial score (nSPS) is 11.9. The Morgan fingerprint density at radius 2 is 1.15 bits per heavy atom. The van der Waals surface area contributed by atoms with Crippen molar-refractivity contribution in [3.05, 3.63) is 140 Å². The molecular formula is C38H23NOS. The van der Waals surface area contributed by atoms with Gasteiger partial charge in [0.25, 0.3) is 0 Å². The molecule has 0 N–H and O–H groups in total. The van der Waals surface area contributed by atoms with Gasteiger partial charge < -0.3 is 9.32 Å². The van der Waals surface area contributed by atoms with Gasteiger partial charge in [0, 0.05) is 42.0 Å². The number of furan rings is 1. The number of para-hydroxylation sites is 3. The van der Waals surface area contributed by atoms with E-state index < -0.39 is 0 Å². The lowest BCUT2D eigenvalue weighted by Gasteiger charge is -2.27. The Morgan fingerprint density at radius 3 is 2.00 bits per heavy atom. The van der Waals surface area contributed by atoms with E-state index in [2.05, 4.69) is 138 Å². The summed E-state index contributed by atoms with van der Waals surface area (Å²) in [6.07, 6.45) is 0. The van der Waals surface area contributed by atoms with E-state index >= 15 is 0 Å². The first kappa shape index (κ1) is 22.7. The summed E-state index contributed by atoms with van der Waals surface area (Å²) in [7, 11) is 0. The second-order valence-corrected chi connectivity index (χ2v) is 11.6. The number of thiophene rings is 1. The fraction of sp³-hybridized carbons (Fsp3) is 0. The molecule has 0 aliphatic carbocycles. The highest BCUT2D eigenvalue weighted by atomic mass is 32.1. The molecule has 2 heterocycles. The summed E-state index contributed by atoms with van der Waals surface area (Å²) in [6, 6.07) is 50.0. The average Bonchev–Trinajstić information content (AvgIpc) is 3.59. The predicted molar refractivity (Wildman–Crippen MR) is 176 cm³/mol. The Labute approximate surface area is 240 Å². The third-order valence-electron chi connectivity index (χ3n) is 8.20. The zero-order valence-electron chi connectivity index (χ0n) is 22.0. The fourth-order valence-electron chi connectivity index (χ4n) is 6.39. The van der Waals surface area contributed by atoms with Gasteiger partial charge in [-0.1, -0.05) is 97.1 Å². The lowest BCUT2D eigenvalue weighted by atomic mass is 9.99. The molecule has 0 amide bonds. The standard InChI is InChI=1S/C38H23NOS/c1-2-13-26(14-3-1)39(32-19-10-18-30-28-16-8-9-20-34(28)40-38(30)32)33-23-36-37(29-17-7-6-15-27(29)33)31-21-24-11-4-5-12-25(24)22-35(31)41-36/h1-23H. The minimum atomic E-state index is 0.893. The molecule has 0 aliphatic rings. The number of anilines is 3. The van der Waals surface area contributed by atoms with Gasteiger partial charge >= 0.3 is 0 Å². The molecule has 7 aromatic carbocycles. The maximum Gasteiger partial charge on any atom is 0.159 e. The Hall–Kier alpha value is -5.12. The minimum absolute atomic E-state index is 0.893. The molecule has 0 atom stereocenters. The quantitative estimate of drug-likeness (QED) is 0.221. The molecular weight excluding hydrogens is 518 g/mol. The molecule has 0 bridgehead atoms. The topological polar surface area (TPSA) is 16.4 Å². The first-order valence-corrected chi connectivity index (χ1v) is 14.7. The van der Waals surface area contributed by atoms with Gasteiger partial charge in [0.15, 0.2) is 5.58 Å².